The van der Waals surface area contributed by atoms with Crippen LogP contribution in [0.3, 0.4) is 0 Å². The van der Waals surface area contributed by atoms with Gasteiger partial charge in [-0.3, -0.25) is 0 Å². The number of halogens is 1. The lowest BCUT2D eigenvalue weighted by Gasteiger charge is -2.34. The quantitative estimate of drug-likeness (QED) is 0.433. The Bertz CT molecular complexity index is 454. The Morgan fingerprint density at radius 3 is 3.06 bits per heavy atom. The van der Waals surface area contributed by atoms with Gasteiger partial charge in [0.1, 0.15) is 0 Å². The number of anilines is 1. The molecule has 1 aromatic carbocycles. The summed E-state index contributed by atoms with van der Waals surface area (Å²) in [6.45, 7) is 4.18. The van der Waals surface area contributed by atoms with Gasteiger partial charge in [0.05, 0.1) is 16.4 Å². The maximum Gasteiger partial charge on any atom is 0.0652 e. The molecule has 5 heteroatoms. The molecule has 1 heterocycles. The third kappa shape index (κ3) is 2.65. The monoisotopic (exact) mass is 250 g/mol. The summed E-state index contributed by atoms with van der Waals surface area (Å²) in [7, 11) is 0. The Labute approximate surface area is 106 Å². The zero-order valence-corrected chi connectivity index (χ0v) is 10.6. The van der Waals surface area contributed by atoms with E-state index in [1.165, 1.54) is 6.42 Å². The minimum atomic E-state index is 0.620. The summed E-state index contributed by atoms with van der Waals surface area (Å²) < 4.78 is 0. The second-order valence-electron chi connectivity index (χ2n) is 4.49. The summed E-state index contributed by atoms with van der Waals surface area (Å²) in [5.74, 6) is 0.652. The Morgan fingerprint density at radius 2 is 2.35 bits per heavy atom. The first-order chi connectivity index (χ1) is 8.22. The minimum absolute atomic E-state index is 0.620. The summed E-state index contributed by atoms with van der Waals surface area (Å²) in [5.41, 5.74) is 10.1. The molecular formula is C12H15ClN4. The van der Waals surface area contributed by atoms with E-state index in [1.54, 1.807) is 6.07 Å². The SMILES string of the molecule is CC1CCCN(c2c(Cl)cccc2N=[N+]=[N-])C1. The number of benzene rings is 1. The van der Waals surface area contributed by atoms with E-state index < -0.39 is 0 Å². The molecule has 1 aliphatic heterocycles. The van der Waals surface area contributed by atoms with Gasteiger partial charge in [0.25, 0.3) is 0 Å². The van der Waals surface area contributed by atoms with Crippen LogP contribution in [0.4, 0.5) is 11.4 Å². The highest BCUT2D eigenvalue weighted by molar-refractivity contribution is 6.33. The van der Waals surface area contributed by atoms with Crippen molar-refractivity contribution in [2.24, 2.45) is 11.0 Å². The van der Waals surface area contributed by atoms with Gasteiger partial charge < -0.3 is 4.90 Å². The normalized spacial score (nSPS) is 19.9. The molecule has 0 aliphatic carbocycles. The van der Waals surface area contributed by atoms with E-state index in [1.807, 2.05) is 12.1 Å². The molecule has 0 amide bonds. The molecule has 0 radical (unpaired) electrons. The van der Waals surface area contributed by atoms with Crippen LogP contribution in [0.1, 0.15) is 19.8 Å². The Balaban J connectivity index is 2.38. The molecule has 90 valence electrons. The van der Waals surface area contributed by atoms with Crippen molar-refractivity contribution in [2.45, 2.75) is 19.8 Å². The number of piperidine rings is 1. The van der Waals surface area contributed by atoms with Crippen molar-refractivity contribution in [3.8, 4) is 0 Å². The topological polar surface area (TPSA) is 52.0 Å². The lowest BCUT2D eigenvalue weighted by molar-refractivity contribution is 0.447. The molecule has 1 saturated heterocycles. The van der Waals surface area contributed by atoms with Gasteiger partial charge in [-0.05, 0) is 30.4 Å². The van der Waals surface area contributed by atoms with Gasteiger partial charge in [0.15, 0.2) is 0 Å². The molecular weight excluding hydrogens is 236 g/mol. The molecule has 1 aromatic rings. The molecule has 1 fully saturated rings. The van der Waals surface area contributed by atoms with Gasteiger partial charge >= 0.3 is 0 Å². The number of nitrogens with zero attached hydrogens (tertiary/aromatic N) is 4. The minimum Gasteiger partial charge on any atom is -0.370 e. The summed E-state index contributed by atoms with van der Waals surface area (Å²) in [6, 6.07) is 5.45. The van der Waals surface area contributed by atoms with Crippen LogP contribution in [0, 0.1) is 5.92 Å². The highest BCUT2D eigenvalue weighted by atomic mass is 35.5. The Hall–Kier alpha value is -1.38. The van der Waals surface area contributed by atoms with Gasteiger partial charge in [0.2, 0.25) is 0 Å². The zero-order chi connectivity index (χ0) is 12.3. The van der Waals surface area contributed by atoms with Crippen LogP contribution in [0.5, 0.6) is 0 Å². The first-order valence-corrected chi connectivity index (χ1v) is 6.18. The predicted octanol–water partition coefficient (Wildman–Crippen LogP) is 4.52. The zero-order valence-electron chi connectivity index (χ0n) is 9.80. The summed E-state index contributed by atoms with van der Waals surface area (Å²) in [5, 5.41) is 4.38. The highest BCUT2D eigenvalue weighted by Crippen LogP contribution is 2.38. The number of rotatable bonds is 2. The van der Waals surface area contributed by atoms with Gasteiger partial charge in [-0.15, -0.1) is 0 Å². The maximum absolute atomic E-state index is 8.58. The van der Waals surface area contributed by atoms with Crippen molar-refractivity contribution in [2.75, 3.05) is 18.0 Å². The van der Waals surface area contributed by atoms with Crippen molar-refractivity contribution in [3.05, 3.63) is 33.7 Å². The first kappa shape index (κ1) is 12.1. The molecule has 1 aliphatic rings. The first-order valence-electron chi connectivity index (χ1n) is 5.81. The average molecular weight is 251 g/mol. The fourth-order valence-corrected chi connectivity index (χ4v) is 2.63. The second kappa shape index (κ2) is 5.30. The Kier molecular flexibility index (Phi) is 3.77. The standard InChI is InChI=1S/C12H15ClN4/c1-9-4-3-7-17(8-9)12-10(13)5-2-6-11(12)15-16-14/h2,5-6,9H,3-4,7-8H2,1H3. The van der Waals surface area contributed by atoms with Crippen LogP contribution in [-0.4, -0.2) is 13.1 Å². The Morgan fingerprint density at radius 1 is 1.53 bits per heavy atom. The smallest absolute Gasteiger partial charge is 0.0652 e. The van der Waals surface area contributed by atoms with E-state index in [-0.39, 0.29) is 0 Å². The number of hydrogen-bond donors (Lipinski definition) is 0. The number of para-hydroxylation sites is 1. The largest absolute Gasteiger partial charge is 0.370 e. The van der Waals surface area contributed by atoms with E-state index >= 15 is 0 Å². The van der Waals surface area contributed by atoms with Crippen molar-refractivity contribution >= 4 is 23.0 Å². The van der Waals surface area contributed by atoms with Crippen LogP contribution in [0.15, 0.2) is 23.3 Å². The molecule has 1 unspecified atom stereocenters. The third-order valence-electron chi connectivity index (χ3n) is 3.09. The predicted molar refractivity (Wildman–Crippen MR) is 70.9 cm³/mol. The number of hydrogen-bond acceptors (Lipinski definition) is 2. The molecule has 0 aromatic heterocycles. The van der Waals surface area contributed by atoms with Gasteiger partial charge in [-0.25, -0.2) is 0 Å². The van der Waals surface area contributed by atoms with Crippen molar-refractivity contribution in [3.63, 3.8) is 0 Å². The van der Waals surface area contributed by atoms with Gasteiger partial charge in [-0.1, -0.05) is 35.8 Å². The van der Waals surface area contributed by atoms with Gasteiger partial charge in [-0.2, -0.15) is 0 Å². The molecule has 1 atom stereocenters. The van der Waals surface area contributed by atoms with E-state index in [0.29, 0.717) is 16.6 Å². The van der Waals surface area contributed by atoms with E-state index in [2.05, 4.69) is 21.8 Å². The van der Waals surface area contributed by atoms with Crippen LogP contribution >= 0.6 is 11.6 Å². The summed E-state index contributed by atoms with van der Waals surface area (Å²) in [4.78, 5) is 5.08. The summed E-state index contributed by atoms with van der Waals surface area (Å²) in [6.07, 6.45) is 2.40. The lowest BCUT2D eigenvalue weighted by Crippen LogP contribution is -2.34. The lowest BCUT2D eigenvalue weighted by atomic mass is 9.99. The van der Waals surface area contributed by atoms with E-state index in [0.717, 1.165) is 25.2 Å². The molecule has 4 nitrogen and oxygen atoms in total. The second-order valence-corrected chi connectivity index (χ2v) is 4.90. The molecule has 0 N–H and O–H groups in total. The summed E-state index contributed by atoms with van der Waals surface area (Å²) >= 11 is 6.22. The number of azide groups is 1. The van der Waals surface area contributed by atoms with Crippen LogP contribution in [0.2, 0.25) is 5.02 Å². The third-order valence-corrected chi connectivity index (χ3v) is 3.40. The highest BCUT2D eigenvalue weighted by Gasteiger charge is 2.20. The average Bonchev–Trinajstić information content (AvgIpc) is 2.29. The maximum atomic E-state index is 8.58. The molecule has 17 heavy (non-hydrogen) atoms. The molecule has 2 rings (SSSR count). The molecule has 0 bridgehead atoms. The fourth-order valence-electron chi connectivity index (χ4n) is 2.34. The fraction of sp³-hybridized carbons (Fsp3) is 0.500. The van der Waals surface area contributed by atoms with Crippen molar-refractivity contribution in [1.82, 2.24) is 0 Å². The van der Waals surface area contributed by atoms with Crippen LogP contribution in [-0.2, 0) is 0 Å². The van der Waals surface area contributed by atoms with E-state index in [4.69, 9.17) is 17.1 Å². The van der Waals surface area contributed by atoms with Crippen LogP contribution < -0.4 is 4.90 Å². The van der Waals surface area contributed by atoms with Gasteiger partial charge in [0, 0.05) is 18.0 Å². The van der Waals surface area contributed by atoms with Crippen LogP contribution in [0.25, 0.3) is 10.4 Å². The van der Waals surface area contributed by atoms with Crippen molar-refractivity contribution < 1.29 is 0 Å². The van der Waals surface area contributed by atoms with E-state index in [9.17, 15) is 0 Å². The molecule has 0 spiro atoms. The molecule has 0 saturated carbocycles. The van der Waals surface area contributed by atoms with Crippen molar-refractivity contribution in [1.29, 1.82) is 0 Å².